The number of aryl methyl sites for hydroxylation is 2. The van der Waals surface area contributed by atoms with Crippen LogP contribution in [0.4, 0.5) is 0 Å². The van der Waals surface area contributed by atoms with Crippen LogP contribution >= 0.6 is 11.3 Å². The zero-order chi connectivity index (χ0) is 21.8. The molecule has 0 spiro atoms. The number of carbonyl (C=O) groups is 1. The van der Waals surface area contributed by atoms with E-state index in [0.29, 0.717) is 28.2 Å². The Kier molecular flexibility index (Phi) is 4.60. The lowest BCUT2D eigenvalue weighted by molar-refractivity contribution is 0.0733. The Balaban J connectivity index is 1.42. The summed E-state index contributed by atoms with van der Waals surface area (Å²) in [5, 5.41) is 9.27. The van der Waals surface area contributed by atoms with Crippen molar-refractivity contribution in [1.29, 1.82) is 0 Å². The molecule has 4 aromatic heterocycles. The molecule has 0 saturated carbocycles. The molecule has 6 rings (SSSR count). The van der Waals surface area contributed by atoms with Gasteiger partial charge in [0.15, 0.2) is 11.5 Å². The summed E-state index contributed by atoms with van der Waals surface area (Å²) in [6, 6.07) is 5.66. The van der Waals surface area contributed by atoms with Crippen molar-refractivity contribution < 1.29 is 4.79 Å². The first-order valence-corrected chi connectivity index (χ1v) is 12.1. The largest absolute Gasteiger partial charge is 0.328 e. The first-order chi connectivity index (χ1) is 15.6. The number of hydrogen-bond donors (Lipinski definition) is 0. The molecular weight excluding hydrogens is 424 g/mol. The maximum absolute atomic E-state index is 13.7. The molecule has 0 N–H and O–H groups in total. The van der Waals surface area contributed by atoms with Crippen LogP contribution in [0.1, 0.15) is 65.0 Å². The molecule has 1 fully saturated rings. The van der Waals surface area contributed by atoms with Crippen LogP contribution in [0.2, 0.25) is 0 Å². The predicted molar refractivity (Wildman–Crippen MR) is 122 cm³/mol. The van der Waals surface area contributed by atoms with E-state index in [9.17, 15) is 9.59 Å². The van der Waals surface area contributed by atoms with Gasteiger partial charge in [-0.1, -0.05) is 12.5 Å². The Morgan fingerprint density at radius 2 is 2.03 bits per heavy atom. The number of likely N-dealkylation sites (tertiary alicyclic amines) is 1. The number of amides is 1. The maximum atomic E-state index is 13.7. The van der Waals surface area contributed by atoms with E-state index < -0.39 is 0 Å². The van der Waals surface area contributed by atoms with Crippen molar-refractivity contribution in [2.45, 2.75) is 58.0 Å². The zero-order valence-electron chi connectivity index (χ0n) is 18.0. The average Bonchev–Trinajstić information content (AvgIpc) is 3.47. The molecule has 0 aliphatic carbocycles. The van der Waals surface area contributed by atoms with Crippen molar-refractivity contribution in [2.24, 2.45) is 0 Å². The normalized spacial score (nSPS) is 18.9. The van der Waals surface area contributed by atoms with Crippen LogP contribution in [0, 0.1) is 6.92 Å². The van der Waals surface area contributed by atoms with Gasteiger partial charge in [-0.05, 0) is 50.3 Å². The van der Waals surface area contributed by atoms with E-state index in [1.807, 2.05) is 45.2 Å². The van der Waals surface area contributed by atoms with Crippen LogP contribution in [-0.2, 0) is 13.0 Å². The Hall–Kier alpha value is -3.07. The van der Waals surface area contributed by atoms with Gasteiger partial charge < -0.3 is 4.90 Å². The van der Waals surface area contributed by atoms with E-state index in [1.54, 1.807) is 0 Å². The molecule has 164 valence electrons. The molecule has 6 heterocycles. The zero-order valence-corrected chi connectivity index (χ0v) is 18.8. The number of aromatic nitrogens is 5. The molecule has 1 amide bonds. The second-order valence-electron chi connectivity index (χ2n) is 8.68. The fraction of sp³-hybridized carbons (Fsp3) is 0.435. The van der Waals surface area contributed by atoms with Crippen molar-refractivity contribution in [3.63, 3.8) is 0 Å². The molecule has 1 unspecified atom stereocenters. The van der Waals surface area contributed by atoms with Gasteiger partial charge in [0.05, 0.1) is 16.3 Å². The summed E-state index contributed by atoms with van der Waals surface area (Å²) < 4.78 is 3.78. The van der Waals surface area contributed by atoms with E-state index in [0.717, 1.165) is 61.4 Å². The van der Waals surface area contributed by atoms with Gasteiger partial charge >= 0.3 is 0 Å². The molecule has 1 atom stereocenters. The first-order valence-electron chi connectivity index (χ1n) is 11.3. The van der Waals surface area contributed by atoms with Crippen LogP contribution in [0.5, 0.6) is 0 Å². The highest BCUT2D eigenvalue weighted by Crippen LogP contribution is 2.36. The van der Waals surface area contributed by atoms with Crippen molar-refractivity contribution in [3.05, 3.63) is 56.8 Å². The minimum absolute atomic E-state index is 0.00104. The summed E-state index contributed by atoms with van der Waals surface area (Å²) in [5.74, 6) is 1.60. The summed E-state index contributed by atoms with van der Waals surface area (Å²) >= 11 is 1.36. The van der Waals surface area contributed by atoms with Crippen molar-refractivity contribution in [1.82, 2.24) is 29.0 Å². The minimum atomic E-state index is -0.129. The lowest BCUT2D eigenvalue weighted by Gasteiger charge is -2.23. The highest BCUT2D eigenvalue weighted by molar-refractivity contribution is 7.20. The number of carbonyl (C=O) groups excluding carboxylic acids is 1. The van der Waals surface area contributed by atoms with Gasteiger partial charge in [0.1, 0.15) is 10.7 Å². The molecule has 4 aromatic rings. The SMILES string of the molecule is Cc1c(C(=O)N2CCCC2c2nnc3ccccn23)sc2nc3n(c(=O)c12)CCCCC3. The smallest absolute Gasteiger partial charge is 0.264 e. The highest BCUT2D eigenvalue weighted by Gasteiger charge is 2.35. The lowest BCUT2D eigenvalue weighted by Crippen LogP contribution is -2.31. The molecule has 9 heteroatoms. The Bertz CT molecular complexity index is 1420. The number of pyridine rings is 1. The number of hydrogen-bond acceptors (Lipinski definition) is 6. The molecule has 2 aliphatic rings. The third-order valence-corrected chi connectivity index (χ3v) is 7.93. The summed E-state index contributed by atoms with van der Waals surface area (Å²) in [7, 11) is 0. The predicted octanol–water partition coefficient (Wildman–Crippen LogP) is 3.51. The average molecular weight is 449 g/mol. The monoisotopic (exact) mass is 448 g/mol. The van der Waals surface area contributed by atoms with Crippen LogP contribution < -0.4 is 5.56 Å². The summed E-state index contributed by atoms with van der Waals surface area (Å²) in [5.41, 5.74) is 1.53. The van der Waals surface area contributed by atoms with E-state index in [-0.39, 0.29) is 17.5 Å². The van der Waals surface area contributed by atoms with Gasteiger partial charge in [0.25, 0.3) is 11.5 Å². The third-order valence-electron chi connectivity index (χ3n) is 6.76. The molecule has 0 aromatic carbocycles. The molecule has 0 bridgehead atoms. The van der Waals surface area contributed by atoms with Crippen molar-refractivity contribution in [2.75, 3.05) is 6.54 Å². The summed E-state index contributed by atoms with van der Waals surface area (Å²) in [6.45, 7) is 3.27. The standard InChI is InChI=1S/C23H24N6O2S/c1-14-18-21(24-16-9-3-2-5-12-29(16)22(18)30)32-19(14)23(31)27-13-7-8-15(27)20-26-25-17-10-4-6-11-28(17)20/h4,6,10-11,15H,2-3,5,7-9,12-13H2,1H3. The van der Waals surface area contributed by atoms with Gasteiger partial charge in [0.2, 0.25) is 0 Å². The van der Waals surface area contributed by atoms with Crippen molar-refractivity contribution >= 4 is 33.1 Å². The number of thiophene rings is 1. The molecule has 0 radical (unpaired) electrons. The topological polar surface area (TPSA) is 85.4 Å². The first kappa shape index (κ1) is 19.6. The molecule has 2 aliphatic heterocycles. The number of fused-ring (bicyclic) bond motifs is 3. The van der Waals surface area contributed by atoms with Gasteiger partial charge in [0, 0.05) is 25.7 Å². The maximum Gasteiger partial charge on any atom is 0.264 e. The summed E-state index contributed by atoms with van der Waals surface area (Å²) in [6.07, 6.45) is 7.69. The van der Waals surface area contributed by atoms with Gasteiger partial charge in [-0.3, -0.25) is 18.6 Å². The van der Waals surface area contributed by atoms with Crippen LogP contribution in [0.25, 0.3) is 15.9 Å². The van der Waals surface area contributed by atoms with E-state index in [4.69, 9.17) is 4.98 Å². The molecule has 32 heavy (non-hydrogen) atoms. The fourth-order valence-corrected chi connectivity index (χ4v) is 6.26. The molecule has 1 saturated heterocycles. The van der Waals surface area contributed by atoms with Gasteiger partial charge in [-0.2, -0.15) is 0 Å². The molecule has 8 nitrogen and oxygen atoms in total. The molecular formula is C23H24N6O2S. The van der Waals surface area contributed by atoms with Gasteiger partial charge in [-0.15, -0.1) is 21.5 Å². The van der Waals surface area contributed by atoms with Crippen molar-refractivity contribution in [3.8, 4) is 0 Å². The Labute approximate surface area is 188 Å². The minimum Gasteiger partial charge on any atom is -0.328 e. The fourth-order valence-electron chi connectivity index (χ4n) is 5.11. The highest BCUT2D eigenvalue weighted by atomic mass is 32.1. The quantitative estimate of drug-likeness (QED) is 0.468. The Morgan fingerprint density at radius 3 is 2.94 bits per heavy atom. The van der Waals surface area contributed by atoms with Crippen LogP contribution in [0.3, 0.4) is 0 Å². The van der Waals surface area contributed by atoms with E-state index in [2.05, 4.69) is 10.2 Å². The van der Waals surface area contributed by atoms with Crippen LogP contribution in [-0.4, -0.2) is 41.5 Å². The second-order valence-corrected chi connectivity index (χ2v) is 9.67. The van der Waals surface area contributed by atoms with E-state index in [1.165, 1.54) is 11.3 Å². The third kappa shape index (κ3) is 2.91. The second kappa shape index (κ2) is 7.51. The van der Waals surface area contributed by atoms with Gasteiger partial charge in [-0.25, -0.2) is 4.98 Å². The number of rotatable bonds is 2. The van der Waals surface area contributed by atoms with Crippen LogP contribution in [0.15, 0.2) is 29.2 Å². The number of nitrogens with zero attached hydrogens (tertiary/aromatic N) is 6. The Morgan fingerprint density at radius 1 is 1.12 bits per heavy atom. The lowest BCUT2D eigenvalue weighted by atomic mass is 10.1. The van der Waals surface area contributed by atoms with E-state index >= 15 is 0 Å². The summed E-state index contributed by atoms with van der Waals surface area (Å²) in [4.78, 5) is 35.0.